The van der Waals surface area contributed by atoms with Crippen LogP contribution < -0.4 is 0 Å². The van der Waals surface area contributed by atoms with Crippen LogP contribution in [0.2, 0.25) is 0 Å². The van der Waals surface area contributed by atoms with Crippen molar-refractivity contribution in [2.45, 2.75) is 38.6 Å². The first-order valence-electron chi connectivity index (χ1n) is 7.52. The van der Waals surface area contributed by atoms with Gasteiger partial charge in [0, 0.05) is 18.0 Å². The molecule has 1 aromatic rings. The third-order valence-corrected chi connectivity index (χ3v) is 5.23. The van der Waals surface area contributed by atoms with E-state index in [0.717, 1.165) is 24.9 Å². The third-order valence-electron chi connectivity index (χ3n) is 4.20. The molecule has 0 spiro atoms. The maximum absolute atomic E-state index is 11.7. The number of nitrogens with zero attached hydrogens (tertiary/aromatic N) is 1. The number of morpholine rings is 1. The van der Waals surface area contributed by atoms with Crippen LogP contribution in [0.1, 0.15) is 43.6 Å². The molecule has 1 atom stereocenters. The lowest BCUT2D eigenvalue weighted by molar-refractivity contribution is -0.120. The van der Waals surface area contributed by atoms with E-state index >= 15 is 0 Å². The zero-order chi connectivity index (χ0) is 15.5. The number of rotatable bonds is 6. The number of ether oxygens (including phenoxy) is 1. The minimum absolute atomic E-state index is 0.480. The Kier molecular flexibility index (Phi) is 5.36. The van der Waals surface area contributed by atoms with E-state index in [2.05, 4.69) is 36.8 Å². The quantitative estimate of drug-likeness (QED) is 0.753. The van der Waals surface area contributed by atoms with Gasteiger partial charge in [0.05, 0.1) is 18.8 Å². The van der Waals surface area contributed by atoms with Crippen molar-refractivity contribution in [3.63, 3.8) is 0 Å². The molecule has 1 aromatic heterocycles. The number of carbonyl (C=O) groups is 1. The Morgan fingerprint density at radius 3 is 2.76 bits per heavy atom. The highest BCUT2D eigenvalue weighted by atomic mass is 32.1. The van der Waals surface area contributed by atoms with Crippen molar-refractivity contribution in [2.24, 2.45) is 0 Å². The van der Waals surface area contributed by atoms with E-state index in [4.69, 9.17) is 4.74 Å². The van der Waals surface area contributed by atoms with E-state index in [9.17, 15) is 4.79 Å². The predicted octanol–water partition coefficient (Wildman–Crippen LogP) is 3.56. The van der Waals surface area contributed by atoms with Crippen molar-refractivity contribution in [3.8, 4) is 0 Å². The van der Waals surface area contributed by atoms with Gasteiger partial charge in [-0.3, -0.25) is 4.90 Å². The molecule has 116 valence electrons. The van der Waals surface area contributed by atoms with Crippen molar-refractivity contribution in [1.29, 1.82) is 0 Å². The summed E-state index contributed by atoms with van der Waals surface area (Å²) in [5.74, 6) is 0.480. The summed E-state index contributed by atoms with van der Waals surface area (Å²) >= 11 is 1.73. The van der Waals surface area contributed by atoms with E-state index in [-0.39, 0.29) is 0 Å². The molecule has 0 aromatic carbocycles. The minimum atomic E-state index is -0.487. The number of carbonyl (C=O) groups excluding carboxylic acids is 1. The number of hydrogen-bond acceptors (Lipinski definition) is 4. The summed E-state index contributed by atoms with van der Waals surface area (Å²) in [4.78, 5) is 15.2. The summed E-state index contributed by atoms with van der Waals surface area (Å²) in [6.45, 7) is 13.7. The Hall–Kier alpha value is -0.970. The molecule has 1 aliphatic heterocycles. The van der Waals surface area contributed by atoms with Crippen LogP contribution in [0.25, 0.3) is 5.57 Å². The largest absolute Gasteiger partial charge is 0.379 e. The van der Waals surface area contributed by atoms with Crippen LogP contribution in [-0.2, 0) is 9.53 Å². The minimum Gasteiger partial charge on any atom is -0.379 e. The van der Waals surface area contributed by atoms with Crippen molar-refractivity contribution in [3.05, 3.63) is 28.5 Å². The first-order valence-corrected chi connectivity index (χ1v) is 8.40. The van der Waals surface area contributed by atoms with Gasteiger partial charge in [-0.25, -0.2) is 0 Å². The normalized spacial score (nSPS) is 19.4. The van der Waals surface area contributed by atoms with Crippen LogP contribution in [0, 0.1) is 0 Å². The molecule has 4 heteroatoms. The lowest BCUT2D eigenvalue weighted by Gasteiger charge is -2.40. The Bertz CT molecular complexity index is 503. The third kappa shape index (κ3) is 3.62. The molecule has 0 N–H and O–H groups in total. The molecule has 0 bridgehead atoms. The molecule has 21 heavy (non-hydrogen) atoms. The molecule has 0 amide bonds. The molecule has 3 nitrogen and oxygen atoms in total. The van der Waals surface area contributed by atoms with Gasteiger partial charge >= 0.3 is 0 Å². The smallest absolute Gasteiger partial charge is 0.140 e. The highest BCUT2D eigenvalue weighted by molar-refractivity contribution is 7.11. The summed E-state index contributed by atoms with van der Waals surface area (Å²) in [6.07, 6.45) is 1.75. The molecule has 0 radical (unpaired) electrons. The first kappa shape index (κ1) is 16.4. The lowest BCUT2D eigenvalue weighted by Crippen LogP contribution is -2.52. The summed E-state index contributed by atoms with van der Waals surface area (Å²) < 4.78 is 5.39. The predicted molar refractivity (Wildman–Crippen MR) is 88.9 cm³/mol. The van der Waals surface area contributed by atoms with Crippen LogP contribution in [0.5, 0.6) is 0 Å². The standard InChI is InChI=1S/C17H25NO2S/c1-13(2)15-5-10-21-16(15)14(3)11-17(4,12-19)18-6-8-20-9-7-18/h5,10,12-13H,3,6-9,11H2,1-2,4H3. The maximum atomic E-state index is 11.7. The zero-order valence-corrected chi connectivity index (χ0v) is 14.0. The van der Waals surface area contributed by atoms with Gasteiger partial charge in [-0.2, -0.15) is 0 Å². The van der Waals surface area contributed by atoms with Crippen LogP contribution in [0.3, 0.4) is 0 Å². The fourth-order valence-electron chi connectivity index (χ4n) is 2.88. The fourth-order valence-corrected chi connectivity index (χ4v) is 3.91. The van der Waals surface area contributed by atoms with Crippen molar-refractivity contribution >= 4 is 23.2 Å². The van der Waals surface area contributed by atoms with Crippen molar-refractivity contribution < 1.29 is 9.53 Å². The average molecular weight is 307 g/mol. The Morgan fingerprint density at radius 2 is 2.19 bits per heavy atom. The molecule has 0 aliphatic carbocycles. The Balaban J connectivity index is 2.15. The van der Waals surface area contributed by atoms with E-state index in [0.29, 0.717) is 25.6 Å². The van der Waals surface area contributed by atoms with E-state index in [1.165, 1.54) is 10.4 Å². The van der Waals surface area contributed by atoms with Gasteiger partial charge in [0.15, 0.2) is 0 Å². The molecule has 1 unspecified atom stereocenters. The highest BCUT2D eigenvalue weighted by Crippen LogP contribution is 2.35. The van der Waals surface area contributed by atoms with Gasteiger partial charge in [-0.05, 0) is 41.8 Å². The second-order valence-electron chi connectivity index (χ2n) is 6.21. The Labute approximate surface area is 131 Å². The van der Waals surface area contributed by atoms with Gasteiger partial charge < -0.3 is 9.53 Å². The zero-order valence-electron chi connectivity index (χ0n) is 13.2. The Morgan fingerprint density at radius 1 is 1.52 bits per heavy atom. The summed E-state index contributed by atoms with van der Waals surface area (Å²) in [6, 6.07) is 2.17. The maximum Gasteiger partial charge on any atom is 0.140 e. The summed E-state index contributed by atoms with van der Waals surface area (Å²) in [7, 11) is 0. The van der Waals surface area contributed by atoms with Gasteiger partial charge in [0.2, 0.25) is 0 Å². The van der Waals surface area contributed by atoms with Crippen molar-refractivity contribution in [2.75, 3.05) is 26.3 Å². The first-order chi connectivity index (χ1) is 9.98. The molecule has 1 saturated heterocycles. The van der Waals surface area contributed by atoms with E-state index in [1.54, 1.807) is 11.3 Å². The van der Waals surface area contributed by atoms with Gasteiger partial charge in [0.1, 0.15) is 6.29 Å². The number of hydrogen-bond donors (Lipinski definition) is 0. The van der Waals surface area contributed by atoms with Crippen LogP contribution in [-0.4, -0.2) is 43.0 Å². The molecular weight excluding hydrogens is 282 g/mol. The van der Waals surface area contributed by atoms with Gasteiger partial charge in [-0.15, -0.1) is 11.3 Å². The van der Waals surface area contributed by atoms with Crippen LogP contribution >= 0.6 is 11.3 Å². The fraction of sp³-hybridized carbons (Fsp3) is 0.588. The molecule has 0 saturated carbocycles. The topological polar surface area (TPSA) is 29.5 Å². The van der Waals surface area contributed by atoms with Crippen molar-refractivity contribution in [1.82, 2.24) is 4.90 Å². The van der Waals surface area contributed by atoms with E-state index < -0.39 is 5.54 Å². The molecule has 1 aliphatic rings. The summed E-state index contributed by atoms with van der Waals surface area (Å²) in [5.41, 5.74) is 1.91. The average Bonchev–Trinajstić information content (AvgIpc) is 2.98. The molecule has 2 heterocycles. The van der Waals surface area contributed by atoms with E-state index in [1.807, 2.05) is 6.92 Å². The molecule has 1 fully saturated rings. The van der Waals surface area contributed by atoms with Gasteiger partial charge in [0.25, 0.3) is 0 Å². The summed E-state index contributed by atoms with van der Waals surface area (Å²) in [5, 5.41) is 2.11. The van der Waals surface area contributed by atoms with Crippen LogP contribution in [0.15, 0.2) is 18.0 Å². The lowest BCUT2D eigenvalue weighted by atomic mass is 9.89. The van der Waals surface area contributed by atoms with Crippen LogP contribution in [0.4, 0.5) is 0 Å². The van der Waals surface area contributed by atoms with Gasteiger partial charge in [-0.1, -0.05) is 20.4 Å². The molecular formula is C17H25NO2S. The highest BCUT2D eigenvalue weighted by Gasteiger charge is 2.34. The molecule has 2 rings (SSSR count). The second kappa shape index (κ2) is 6.86. The monoisotopic (exact) mass is 307 g/mol. The number of aldehydes is 1. The SMILES string of the molecule is C=C(CC(C)(C=O)N1CCOCC1)c1sccc1C(C)C. The number of thiophene rings is 1. The second-order valence-corrected chi connectivity index (χ2v) is 7.13.